The van der Waals surface area contributed by atoms with E-state index < -0.39 is 0 Å². The summed E-state index contributed by atoms with van der Waals surface area (Å²) in [5.41, 5.74) is 6.80. The molecule has 2 N–H and O–H groups in total. The first-order chi connectivity index (χ1) is 9.01. The largest absolute Gasteiger partial charge is 0.493 e. The summed E-state index contributed by atoms with van der Waals surface area (Å²) in [6.07, 6.45) is 4.42. The van der Waals surface area contributed by atoms with E-state index in [4.69, 9.17) is 15.2 Å². The van der Waals surface area contributed by atoms with Gasteiger partial charge in [0.2, 0.25) is 0 Å². The third kappa shape index (κ3) is 2.54. The van der Waals surface area contributed by atoms with Crippen molar-refractivity contribution in [2.24, 2.45) is 11.1 Å². The van der Waals surface area contributed by atoms with Crippen LogP contribution in [0.2, 0.25) is 0 Å². The highest BCUT2D eigenvalue weighted by molar-refractivity contribution is 5.45. The Balaban J connectivity index is 2.38. The van der Waals surface area contributed by atoms with E-state index in [1.807, 2.05) is 0 Å². The molecule has 1 aliphatic rings. The van der Waals surface area contributed by atoms with Gasteiger partial charge in [0.1, 0.15) is 5.82 Å². The van der Waals surface area contributed by atoms with E-state index in [1.54, 1.807) is 13.2 Å². The molecule has 4 heteroatoms. The Bertz CT molecular complexity index is 456. The molecule has 1 fully saturated rings. The Labute approximate surface area is 113 Å². The van der Waals surface area contributed by atoms with Crippen LogP contribution in [0.1, 0.15) is 44.2 Å². The summed E-state index contributed by atoms with van der Waals surface area (Å²) in [5.74, 6) is 0.599. The van der Waals surface area contributed by atoms with Crippen molar-refractivity contribution in [3.05, 3.63) is 23.5 Å². The monoisotopic (exact) mass is 267 g/mol. The Morgan fingerprint density at radius 1 is 1.16 bits per heavy atom. The third-order valence-electron chi connectivity index (χ3n) is 4.33. The molecular weight excluding hydrogens is 245 g/mol. The fraction of sp³-hybridized carbons (Fsp3) is 0.600. The molecule has 0 heterocycles. The van der Waals surface area contributed by atoms with Gasteiger partial charge in [0.05, 0.1) is 14.2 Å². The molecule has 3 nitrogen and oxygen atoms in total. The molecule has 1 aromatic rings. The molecule has 0 radical (unpaired) electrons. The number of hydrogen-bond acceptors (Lipinski definition) is 3. The minimum absolute atomic E-state index is 0.0273. The summed E-state index contributed by atoms with van der Waals surface area (Å²) < 4.78 is 24.5. The van der Waals surface area contributed by atoms with Crippen LogP contribution in [-0.2, 0) is 0 Å². The molecule has 0 saturated heterocycles. The maximum atomic E-state index is 14.2. The molecule has 1 aliphatic carbocycles. The van der Waals surface area contributed by atoms with Crippen LogP contribution >= 0.6 is 0 Å². The van der Waals surface area contributed by atoms with Crippen LogP contribution in [0.3, 0.4) is 0 Å². The Morgan fingerprint density at radius 3 is 2.21 bits per heavy atom. The van der Waals surface area contributed by atoms with E-state index in [0.29, 0.717) is 17.1 Å². The lowest BCUT2D eigenvalue weighted by Gasteiger charge is -2.32. The molecule has 1 unspecified atom stereocenters. The van der Waals surface area contributed by atoms with Crippen molar-refractivity contribution in [3.63, 3.8) is 0 Å². The zero-order chi connectivity index (χ0) is 14.0. The number of hydrogen-bond donors (Lipinski definition) is 1. The minimum Gasteiger partial charge on any atom is -0.493 e. The van der Waals surface area contributed by atoms with Gasteiger partial charge in [-0.2, -0.15) is 0 Å². The molecule has 0 bridgehead atoms. The lowest BCUT2D eigenvalue weighted by Crippen LogP contribution is -2.30. The maximum Gasteiger partial charge on any atom is 0.163 e. The van der Waals surface area contributed by atoms with Crippen LogP contribution < -0.4 is 15.2 Å². The van der Waals surface area contributed by atoms with Crippen molar-refractivity contribution >= 4 is 0 Å². The summed E-state index contributed by atoms with van der Waals surface area (Å²) in [4.78, 5) is 0. The molecule has 106 valence electrons. The Morgan fingerprint density at radius 2 is 1.68 bits per heavy atom. The Hall–Kier alpha value is -1.29. The second-order valence-corrected chi connectivity index (χ2v) is 5.57. The van der Waals surface area contributed by atoms with Crippen molar-refractivity contribution < 1.29 is 13.9 Å². The number of benzene rings is 1. The molecule has 0 aliphatic heterocycles. The van der Waals surface area contributed by atoms with E-state index in [2.05, 4.69) is 6.92 Å². The molecular formula is C15H22FNO2. The maximum absolute atomic E-state index is 14.2. The van der Waals surface area contributed by atoms with E-state index in [9.17, 15) is 4.39 Å². The van der Waals surface area contributed by atoms with E-state index in [-0.39, 0.29) is 17.3 Å². The minimum atomic E-state index is -0.321. The van der Waals surface area contributed by atoms with Gasteiger partial charge in [0.15, 0.2) is 11.5 Å². The van der Waals surface area contributed by atoms with Gasteiger partial charge in [0, 0.05) is 17.7 Å². The molecule has 1 saturated carbocycles. The van der Waals surface area contributed by atoms with Gasteiger partial charge < -0.3 is 15.2 Å². The smallest absolute Gasteiger partial charge is 0.163 e. The van der Waals surface area contributed by atoms with Crippen LogP contribution in [0.4, 0.5) is 4.39 Å². The van der Waals surface area contributed by atoms with Gasteiger partial charge in [-0.05, 0) is 24.3 Å². The number of rotatable bonds is 4. The topological polar surface area (TPSA) is 44.5 Å². The average molecular weight is 267 g/mol. The quantitative estimate of drug-likeness (QED) is 0.909. The first-order valence-corrected chi connectivity index (χ1v) is 6.69. The van der Waals surface area contributed by atoms with Gasteiger partial charge >= 0.3 is 0 Å². The second-order valence-electron chi connectivity index (χ2n) is 5.57. The fourth-order valence-corrected chi connectivity index (χ4v) is 2.98. The molecule has 0 amide bonds. The molecule has 0 spiro atoms. The molecule has 2 rings (SSSR count). The zero-order valence-corrected chi connectivity index (χ0v) is 11.8. The van der Waals surface area contributed by atoms with Crippen molar-refractivity contribution in [1.29, 1.82) is 0 Å². The summed E-state index contributed by atoms with van der Waals surface area (Å²) in [5, 5.41) is 0. The number of nitrogens with two attached hydrogens (primary N) is 1. The summed E-state index contributed by atoms with van der Waals surface area (Å²) in [7, 11) is 3.04. The zero-order valence-electron chi connectivity index (χ0n) is 11.8. The van der Waals surface area contributed by atoms with Crippen LogP contribution in [0.25, 0.3) is 0 Å². The second kappa shape index (κ2) is 5.37. The van der Waals surface area contributed by atoms with Gasteiger partial charge in [-0.3, -0.25) is 0 Å². The lowest BCUT2D eigenvalue weighted by molar-refractivity contribution is 0.258. The number of halogens is 1. The van der Waals surface area contributed by atoms with Gasteiger partial charge in [0.25, 0.3) is 0 Å². The van der Waals surface area contributed by atoms with E-state index in [1.165, 1.54) is 26.0 Å². The standard InChI is InChI=1S/C15H22FNO2/c1-15(6-4-5-7-15)14(17)10-8-12(18-2)13(19-3)9-11(10)16/h8-9,14H,4-7,17H2,1-3H3. The Kier molecular flexibility index (Phi) is 3.99. The highest BCUT2D eigenvalue weighted by atomic mass is 19.1. The highest BCUT2D eigenvalue weighted by Crippen LogP contribution is 2.47. The van der Waals surface area contributed by atoms with Crippen LogP contribution in [0.15, 0.2) is 12.1 Å². The number of methoxy groups -OCH3 is 2. The van der Waals surface area contributed by atoms with Gasteiger partial charge in [-0.25, -0.2) is 4.39 Å². The molecule has 1 atom stereocenters. The van der Waals surface area contributed by atoms with Crippen molar-refractivity contribution in [3.8, 4) is 11.5 Å². The average Bonchev–Trinajstić information content (AvgIpc) is 2.85. The SMILES string of the molecule is COc1cc(F)c(C(N)C2(C)CCCC2)cc1OC. The normalized spacial score (nSPS) is 19.2. The third-order valence-corrected chi connectivity index (χ3v) is 4.33. The van der Waals surface area contributed by atoms with E-state index in [0.717, 1.165) is 12.8 Å². The highest BCUT2D eigenvalue weighted by Gasteiger charge is 2.37. The first-order valence-electron chi connectivity index (χ1n) is 6.69. The van der Waals surface area contributed by atoms with Crippen molar-refractivity contribution in [1.82, 2.24) is 0 Å². The summed E-state index contributed by atoms with van der Waals surface area (Å²) in [6.45, 7) is 2.14. The van der Waals surface area contributed by atoms with Crippen LogP contribution in [-0.4, -0.2) is 14.2 Å². The van der Waals surface area contributed by atoms with Crippen molar-refractivity contribution in [2.75, 3.05) is 14.2 Å². The summed E-state index contributed by atoms with van der Waals surface area (Å²) >= 11 is 0. The lowest BCUT2D eigenvalue weighted by atomic mass is 9.77. The van der Waals surface area contributed by atoms with Crippen LogP contribution in [0, 0.1) is 11.2 Å². The van der Waals surface area contributed by atoms with Gasteiger partial charge in [-0.15, -0.1) is 0 Å². The first kappa shape index (κ1) is 14.1. The van der Waals surface area contributed by atoms with Gasteiger partial charge in [-0.1, -0.05) is 19.8 Å². The molecule has 19 heavy (non-hydrogen) atoms. The molecule has 0 aromatic heterocycles. The van der Waals surface area contributed by atoms with Crippen molar-refractivity contribution in [2.45, 2.75) is 38.6 Å². The predicted octanol–water partition coefficient (Wildman–Crippen LogP) is 3.42. The van der Waals surface area contributed by atoms with Crippen LogP contribution in [0.5, 0.6) is 11.5 Å². The van der Waals surface area contributed by atoms with E-state index >= 15 is 0 Å². The fourth-order valence-electron chi connectivity index (χ4n) is 2.98. The predicted molar refractivity (Wildman–Crippen MR) is 73.0 cm³/mol. The summed E-state index contributed by atoms with van der Waals surface area (Å²) in [6, 6.07) is 2.71. The molecule has 1 aromatic carbocycles. The number of ether oxygens (including phenoxy) is 2.